The zero-order chi connectivity index (χ0) is 17.8. The number of carbonyl (C=O) groups excluding carboxylic acids is 2. The van der Waals surface area contributed by atoms with E-state index in [4.69, 9.17) is 5.73 Å². The predicted octanol–water partition coefficient (Wildman–Crippen LogP) is 0.797. The van der Waals surface area contributed by atoms with Gasteiger partial charge in [-0.1, -0.05) is 36.4 Å². The van der Waals surface area contributed by atoms with Crippen LogP contribution in [0.1, 0.15) is 31.4 Å². The molecule has 0 bridgehead atoms. The number of primary amides is 1. The van der Waals surface area contributed by atoms with Crippen molar-refractivity contribution in [3.8, 4) is 0 Å². The van der Waals surface area contributed by atoms with Gasteiger partial charge in [0.15, 0.2) is 6.54 Å². The first kappa shape index (κ1) is 17.4. The Kier molecular flexibility index (Phi) is 5.34. The van der Waals surface area contributed by atoms with Gasteiger partial charge >= 0.3 is 0 Å². The van der Waals surface area contributed by atoms with E-state index < -0.39 is 0 Å². The highest BCUT2D eigenvalue weighted by atomic mass is 16.2. The van der Waals surface area contributed by atoms with Crippen molar-refractivity contribution < 1.29 is 14.5 Å². The number of rotatable bonds is 5. The summed E-state index contributed by atoms with van der Waals surface area (Å²) in [5, 5.41) is 5.47. The number of likely N-dealkylation sites (tertiary alicyclic amines) is 1. The first-order chi connectivity index (χ1) is 12.0. The minimum absolute atomic E-state index is 0.0247. The summed E-state index contributed by atoms with van der Waals surface area (Å²) in [6, 6.07) is 14.5. The number of piperidine rings is 1. The van der Waals surface area contributed by atoms with E-state index in [1.807, 2.05) is 19.1 Å². The molecule has 1 heterocycles. The van der Waals surface area contributed by atoms with E-state index in [9.17, 15) is 9.59 Å². The summed E-state index contributed by atoms with van der Waals surface area (Å²) in [4.78, 5) is 24.8. The molecule has 1 aliphatic rings. The highest BCUT2D eigenvalue weighted by Crippen LogP contribution is 2.20. The largest absolute Gasteiger partial charge is 0.369 e. The van der Waals surface area contributed by atoms with E-state index in [0.717, 1.165) is 31.5 Å². The van der Waals surface area contributed by atoms with Crippen molar-refractivity contribution in [3.05, 3.63) is 48.0 Å². The van der Waals surface area contributed by atoms with Gasteiger partial charge in [-0.2, -0.15) is 0 Å². The van der Waals surface area contributed by atoms with Crippen LogP contribution in [0.5, 0.6) is 0 Å². The van der Waals surface area contributed by atoms with Crippen LogP contribution in [-0.4, -0.2) is 31.4 Å². The lowest BCUT2D eigenvalue weighted by Crippen LogP contribution is -3.14. The van der Waals surface area contributed by atoms with Gasteiger partial charge in [0.1, 0.15) is 0 Å². The Morgan fingerprint density at radius 1 is 1.16 bits per heavy atom. The van der Waals surface area contributed by atoms with E-state index in [1.54, 1.807) is 0 Å². The van der Waals surface area contributed by atoms with Crippen LogP contribution < -0.4 is 16.0 Å². The number of hydrogen-bond acceptors (Lipinski definition) is 2. The third-order valence-corrected chi connectivity index (χ3v) is 5.16. The third kappa shape index (κ3) is 4.37. The van der Waals surface area contributed by atoms with Gasteiger partial charge in [-0.3, -0.25) is 9.59 Å². The van der Waals surface area contributed by atoms with Crippen LogP contribution in [0.15, 0.2) is 42.5 Å². The van der Waals surface area contributed by atoms with Gasteiger partial charge in [-0.05, 0) is 29.3 Å². The lowest BCUT2D eigenvalue weighted by atomic mass is 9.96. The van der Waals surface area contributed by atoms with Gasteiger partial charge in [-0.15, -0.1) is 0 Å². The van der Waals surface area contributed by atoms with Gasteiger partial charge in [0, 0.05) is 18.8 Å². The van der Waals surface area contributed by atoms with Crippen molar-refractivity contribution >= 4 is 22.6 Å². The number of benzene rings is 2. The summed E-state index contributed by atoms with van der Waals surface area (Å²) >= 11 is 0. The van der Waals surface area contributed by atoms with Crippen LogP contribution in [0.3, 0.4) is 0 Å². The van der Waals surface area contributed by atoms with Crippen LogP contribution in [0.25, 0.3) is 10.8 Å². The molecule has 5 nitrogen and oxygen atoms in total. The summed E-state index contributed by atoms with van der Waals surface area (Å²) in [5.74, 6) is -0.190. The molecule has 3 rings (SSSR count). The molecule has 4 N–H and O–H groups in total. The molecule has 0 radical (unpaired) electrons. The molecule has 2 amide bonds. The van der Waals surface area contributed by atoms with Gasteiger partial charge in [0.05, 0.1) is 19.1 Å². The second-order valence-corrected chi connectivity index (χ2v) is 7.00. The minimum atomic E-state index is -0.214. The molecule has 0 saturated carbocycles. The minimum Gasteiger partial charge on any atom is -0.369 e. The second kappa shape index (κ2) is 7.66. The summed E-state index contributed by atoms with van der Waals surface area (Å²) in [7, 11) is 0. The summed E-state index contributed by atoms with van der Waals surface area (Å²) in [6.07, 6.45) is 1.55. The first-order valence-corrected chi connectivity index (χ1v) is 8.94. The average molecular weight is 340 g/mol. The fourth-order valence-corrected chi connectivity index (χ4v) is 3.57. The van der Waals surface area contributed by atoms with Gasteiger partial charge in [0.25, 0.3) is 5.91 Å². The predicted molar refractivity (Wildman–Crippen MR) is 98.0 cm³/mol. The molecular weight excluding hydrogens is 314 g/mol. The van der Waals surface area contributed by atoms with Crippen LogP contribution in [0.2, 0.25) is 0 Å². The molecule has 1 saturated heterocycles. The van der Waals surface area contributed by atoms with E-state index in [1.165, 1.54) is 15.7 Å². The number of nitrogens with one attached hydrogen (secondary N) is 2. The average Bonchev–Trinajstić information content (AvgIpc) is 2.61. The Morgan fingerprint density at radius 3 is 2.52 bits per heavy atom. The number of hydrogen-bond donors (Lipinski definition) is 3. The normalized spacial score (nSPS) is 21.6. The van der Waals surface area contributed by atoms with Gasteiger partial charge in [0.2, 0.25) is 5.91 Å². The van der Waals surface area contributed by atoms with E-state index in [2.05, 4.69) is 35.6 Å². The first-order valence-electron chi connectivity index (χ1n) is 8.94. The molecule has 0 spiro atoms. The topological polar surface area (TPSA) is 76.6 Å². The lowest BCUT2D eigenvalue weighted by molar-refractivity contribution is -0.897. The quantitative estimate of drug-likeness (QED) is 0.753. The van der Waals surface area contributed by atoms with E-state index >= 15 is 0 Å². The molecule has 1 aliphatic heterocycles. The molecule has 25 heavy (non-hydrogen) atoms. The molecule has 1 fully saturated rings. The Hall–Kier alpha value is -2.40. The second-order valence-electron chi connectivity index (χ2n) is 7.00. The van der Waals surface area contributed by atoms with Crippen molar-refractivity contribution in [2.24, 2.45) is 11.7 Å². The van der Waals surface area contributed by atoms with Crippen molar-refractivity contribution in [1.82, 2.24) is 5.32 Å². The Morgan fingerprint density at radius 2 is 1.84 bits per heavy atom. The maximum atomic E-state index is 12.4. The number of quaternary nitrogens is 1. The zero-order valence-electron chi connectivity index (χ0n) is 14.6. The lowest BCUT2D eigenvalue weighted by Gasteiger charge is -2.27. The number of nitrogens with two attached hydrogens (primary N) is 1. The molecule has 2 aromatic rings. The van der Waals surface area contributed by atoms with Crippen LogP contribution in [0, 0.1) is 5.92 Å². The third-order valence-electron chi connectivity index (χ3n) is 5.16. The van der Waals surface area contributed by atoms with Crippen molar-refractivity contribution in [3.63, 3.8) is 0 Å². The van der Waals surface area contributed by atoms with Crippen LogP contribution in [0.4, 0.5) is 0 Å². The number of amides is 2. The van der Waals surface area contributed by atoms with Crippen molar-refractivity contribution in [1.29, 1.82) is 0 Å². The number of fused-ring (bicyclic) bond motifs is 1. The van der Waals surface area contributed by atoms with Crippen molar-refractivity contribution in [2.45, 2.75) is 25.8 Å². The standard InChI is InChI=1S/C20H25N3O2/c1-14(17-7-6-15-4-2-3-5-18(15)12-17)22-19(24)13-23-10-8-16(9-11-23)20(21)25/h2-7,12,14,16H,8-11,13H2,1H3,(H2,21,25)(H,22,24)/p+1/t14-/m0/s1. The van der Waals surface area contributed by atoms with Crippen molar-refractivity contribution in [2.75, 3.05) is 19.6 Å². The molecular formula is C20H26N3O2+. The molecule has 132 valence electrons. The number of carbonyl (C=O) groups is 2. The van der Waals surface area contributed by atoms with Gasteiger partial charge in [-0.25, -0.2) is 0 Å². The maximum Gasteiger partial charge on any atom is 0.275 e. The monoisotopic (exact) mass is 340 g/mol. The maximum absolute atomic E-state index is 12.4. The Bertz CT molecular complexity index is 766. The molecule has 0 aliphatic carbocycles. The van der Waals surface area contributed by atoms with E-state index in [0.29, 0.717) is 6.54 Å². The Labute approximate surface area is 148 Å². The molecule has 2 aromatic carbocycles. The Balaban J connectivity index is 1.54. The summed E-state index contributed by atoms with van der Waals surface area (Å²) < 4.78 is 0. The fraction of sp³-hybridized carbons (Fsp3) is 0.400. The highest BCUT2D eigenvalue weighted by Gasteiger charge is 2.27. The van der Waals surface area contributed by atoms with Crippen LogP contribution >= 0.6 is 0 Å². The summed E-state index contributed by atoms with van der Waals surface area (Å²) in [5.41, 5.74) is 6.46. The van der Waals surface area contributed by atoms with Crippen LogP contribution in [-0.2, 0) is 9.59 Å². The molecule has 0 aromatic heterocycles. The molecule has 1 atom stereocenters. The SMILES string of the molecule is C[C@H](NC(=O)C[NH+]1CCC(C(N)=O)CC1)c1ccc2ccccc2c1. The molecule has 5 heteroatoms. The fourth-order valence-electron chi connectivity index (χ4n) is 3.57. The van der Waals surface area contributed by atoms with E-state index in [-0.39, 0.29) is 23.8 Å². The highest BCUT2D eigenvalue weighted by molar-refractivity contribution is 5.83. The molecule has 0 unspecified atom stereocenters. The smallest absolute Gasteiger partial charge is 0.275 e. The summed E-state index contributed by atoms with van der Waals surface area (Å²) in [6.45, 7) is 4.11. The zero-order valence-corrected chi connectivity index (χ0v) is 14.6. The van der Waals surface area contributed by atoms with Gasteiger partial charge < -0.3 is 16.0 Å².